The van der Waals surface area contributed by atoms with E-state index in [0.717, 1.165) is 35.0 Å². The van der Waals surface area contributed by atoms with Gasteiger partial charge < -0.3 is 10.1 Å². The van der Waals surface area contributed by atoms with Crippen LogP contribution in [0.2, 0.25) is 5.02 Å². The van der Waals surface area contributed by atoms with Crippen LogP contribution in [-0.4, -0.2) is 34.2 Å². The Hall–Kier alpha value is -2.74. The number of nitrogens with one attached hydrogen (secondary N) is 1. The molecule has 2 heterocycles. The highest BCUT2D eigenvalue weighted by molar-refractivity contribution is 6.32. The summed E-state index contributed by atoms with van der Waals surface area (Å²) in [7, 11) is 0. The van der Waals surface area contributed by atoms with E-state index in [2.05, 4.69) is 15.4 Å². The number of fused-ring (bicyclic) bond motifs is 1. The van der Waals surface area contributed by atoms with E-state index in [1.165, 1.54) is 0 Å². The van der Waals surface area contributed by atoms with Crippen LogP contribution in [0.25, 0.3) is 10.9 Å². The third kappa shape index (κ3) is 3.64. The van der Waals surface area contributed by atoms with Gasteiger partial charge in [0.15, 0.2) is 0 Å². The molecule has 0 spiro atoms. The molecule has 1 fully saturated rings. The zero-order chi connectivity index (χ0) is 19.7. The Morgan fingerprint density at radius 3 is 2.86 bits per heavy atom. The number of benzene rings is 1. The van der Waals surface area contributed by atoms with Crippen molar-refractivity contribution in [1.29, 1.82) is 0 Å². The Morgan fingerprint density at radius 2 is 2.18 bits per heavy atom. The first-order valence-corrected chi connectivity index (χ1v) is 9.12. The summed E-state index contributed by atoms with van der Waals surface area (Å²) in [5, 5.41) is 8.59. The maximum absolute atomic E-state index is 12.3. The molecule has 1 aliphatic carbocycles. The lowest BCUT2D eigenvalue weighted by molar-refractivity contribution is -0.110. The van der Waals surface area contributed by atoms with Crippen molar-refractivity contribution in [1.82, 2.24) is 20.1 Å². The molecule has 4 rings (SSSR count). The van der Waals surface area contributed by atoms with Crippen molar-refractivity contribution in [2.75, 3.05) is 6.61 Å². The number of carbonyl (C=O) groups excluding carboxylic acids is 1. The third-order valence-corrected chi connectivity index (χ3v) is 5.02. The van der Waals surface area contributed by atoms with Crippen LogP contribution in [0.5, 0.6) is 5.75 Å². The van der Waals surface area contributed by atoms with Crippen molar-refractivity contribution >= 4 is 28.9 Å². The lowest BCUT2D eigenvalue weighted by atomic mass is 10.1. The largest absolute Gasteiger partial charge is 0.486 e. The first-order valence-electron chi connectivity index (χ1n) is 8.74. The Bertz CT molecular complexity index is 1020. The molecule has 0 unspecified atom stereocenters. The van der Waals surface area contributed by atoms with E-state index in [0.29, 0.717) is 13.0 Å². The average Bonchev–Trinajstić information content (AvgIpc) is 3.31. The van der Waals surface area contributed by atoms with E-state index in [9.17, 15) is 13.6 Å². The smallest absolute Gasteiger partial charge is 0.272 e. The third-order valence-electron chi connectivity index (χ3n) is 4.73. The molecule has 146 valence electrons. The molecular formula is C19H17ClF2N4O2. The second-order valence-electron chi connectivity index (χ2n) is 6.73. The molecule has 0 bridgehead atoms. The maximum Gasteiger partial charge on any atom is 0.272 e. The predicted molar refractivity (Wildman–Crippen MR) is 99.7 cm³/mol. The van der Waals surface area contributed by atoms with Crippen molar-refractivity contribution in [3.8, 4) is 5.75 Å². The van der Waals surface area contributed by atoms with Crippen LogP contribution >= 0.6 is 11.6 Å². The van der Waals surface area contributed by atoms with Crippen molar-refractivity contribution in [2.24, 2.45) is 0 Å². The van der Waals surface area contributed by atoms with Crippen molar-refractivity contribution in [3.63, 3.8) is 0 Å². The van der Waals surface area contributed by atoms with Gasteiger partial charge in [-0.3, -0.25) is 14.5 Å². The molecule has 0 atom stereocenters. The lowest BCUT2D eigenvalue weighted by Gasteiger charge is -2.13. The van der Waals surface area contributed by atoms with E-state index in [-0.39, 0.29) is 10.8 Å². The SMILES string of the molecule is O=CNC1(c2nccc3nn(Cc4ccc(OCC(F)F)c(Cl)c4)cc23)CC1. The Kier molecular flexibility index (Phi) is 4.89. The molecule has 0 aliphatic heterocycles. The number of pyridine rings is 1. The molecule has 1 saturated carbocycles. The number of hydrogen-bond donors (Lipinski definition) is 1. The van der Waals surface area contributed by atoms with Crippen LogP contribution in [0.4, 0.5) is 8.78 Å². The highest BCUT2D eigenvalue weighted by Crippen LogP contribution is 2.46. The summed E-state index contributed by atoms with van der Waals surface area (Å²) < 4.78 is 31.3. The van der Waals surface area contributed by atoms with Crippen LogP contribution in [0, 0.1) is 0 Å². The zero-order valence-electron chi connectivity index (χ0n) is 14.7. The van der Waals surface area contributed by atoms with Crippen LogP contribution in [0.15, 0.2) is 36.7 Å². The predicted octanol–water partition coefficient (Wildman–Crippen LogP) is 3.51. The van der Waals surface area contributed by atoms with Gasteiger partial charge in [0.25, 0.3) is 6.43 Å². The fourth-order valence-corrected chi connectivity index (χ4v) is 3.50. The molecule has 6 nitrogen and oxygen atoms in total. The average molecular weight is 407 g/mol. The van der Waals surface area contributed by atoms with E-state index in [4.69, 9.17) is 16.3 Å². The molecule has 1 amide bonds. The van der Waals surface area contributed by atoms with Crippen LogP contribution in [0.1, 0.15) is 24.1 Å². The topological polar surface area (TPSA) is 69.0 Å². The number of halogens is 3. The summed E-state index contributed by atoms with van der Waals surface area (Å²) in [6.45, 7) is -0.257. The van der Waals surface area contributed by atoms with E-state index < -0.39 is 18.6 Å². The molecule has 9 heteroatoms. The van der Waals surface area contributed by atoms with Gasteiger partial charge in [-0.15, -0.1) is 0 Å². The quantitative estimate of drug-likeness (QED) is 0.581. The van der Waals surface area contributed by atoms with Gasteiger partial charge in [-0.25, -0.2) is 8.78 Å². The van der Waals surface area contributed by atoms with E-state index in [1.54, 1.807) is 29.1 Å². The summed E-state index contributed by atoms with van der Waals surface area (Å²) in [4.78, 5) is 15.4. The highest BCUT2D eigenvalue weighted by atomic mass is 35.5. The molecule has 0 radical (unpaired) electrons. The summed E-state index contributed by atoms with van der Waals surface area (Å²) in [6.07, 6.45) is 3.42. The first-order chi connectivity index (χ1) is 13.5. The molecule has 2 aromatic heterocycles. The molecule has 0 saturated heterocycles. The number of rotatable bonds is 8. The van der Waals surface area contributed by atoms with Gasteiger partial charge >= 0.3 is 0 Å². The Labute approximate surface area is 164 Å². The minimum absolute atomic E-state index is 0.221. The number of amides is 1. The molecule has 28 heavy (non-hydrogen) atoms. The molecule has 1 aromatic carbocycles. The molecular weight excluding hydrogens is 390 g/mol. The maximum atomic E-state index is 12.3. The van der Waals surface area contributed by atoms with E-state index in [1.807, 2.05) is 12.3 Å². The fourth-order valence-electron chi connectivity index (χ4n) is 3.24. The summed E-state index contributed by atoms with van der Waals surface area (Å²) in [5.74, 6) is 0.221. The van der Waals surface area contributed by atoms with Crippen LogP contribution < -0.4 is 10.1 Å². The van der Waals surface area contributed by atoms with Gasteiger partial charge in [0.2, 0.25) is 6.41 Å². The summed E-state index contributed by atoms with van der Waals surface area (Å²) in [6, 6.07) is 6.82. The van der Waals surface area contributed by atoms with Gasteiger partial charge in [0.1, 0.15) is 12.4 Å². The number of ether oxygens (including phenoxy) is 1. The summed E-state index contributed by atoms with van der Waals surface area (Å²) >= 11 is 6.13. The molecule has 1 aliphatic rings. The van der Waals surface area contributed by atoms with Gasteiger partial charge in [-0.2, -0.15) is 5.10 Å². The number of hydrogen-bond acceptors (Lipinski definition) is 4. The van der Waals surface area contributed by atoms with Crippen molar-refractivity contribution < 1.29 is 18.3 Å². The minimum atomic E-state index is -2.56. The monoisotopic (exact) mass is 406 g/mol. The number of aromatic nitrogens is 3. The summed E-state index contributed by atoms with van der Waals surface area (Å²) in [5.41, 5.74) is 2.05. The molecule has 3 aromatic rings. The Balaban J connectivity index is 1.57. The van der Waals surface area contributed by atoms with E-state index >= 15 is 0 Å². The van der Waals surface area contributed by atoms with Gasteiger partial charge in [-0.05, 0) is 36.6 Å². The van der Waals surface area contributed by atoms with Crippen LogP contribution in [0.3, 0.4) is 0 Å². The normalized spacial score (nSPS) is 15.0. The Morgan fingerprint density at radius 1 is 1.36 bits per heavy atom. The molecule has 1 N–H and O–H groups in total. The van der Waals surface area contributed by atoms with Crippen molar-refractivity contribution in [3.05, 3.63) is 52.9 Å². The minimum Gasteiger partial charge on any atom is -0.486 e. The lowest BCUT2D eigenvalue weighted by Crippen LogP contribution is -2.28. The number of carbonyl (C=O) groups is 1. The van der Waals surface area contributed by atoms with Gasteiger partial charge in [0.05, 0.1) is 28.3 Å². The van der Waals surface area contributed by atoms with Crippen LogP contribution in [-0.2, 0) is 16.9 Å². The fraction of sp³-hybridized carbons (Fsp3) is 0.316. The second kappa shape index (κ2) is 7.35. The van der Waals surface area contributed by atoms with Crippen molar-refractivity contribution in [2.45, 2.75) is 31.4 Å². The number of alkyl halides is 2. The van der Waals surface area contributed by atoms with Gasteiger partial charge in [-0.1, -0.05) is 17.7 Å². The zero-order valence-corrected chi connectivity index (χ0v) is 15.5. The number of nitrogens with zero attached hydrogens (tertiary/aromatic N) is 3. The highest BCUT2D eigenvalue weighted by Gasteiger charge is 2.46. The van der Waals surface area contributed by atoms with Gasteiger partial charge in [0, 0.05) is 17.8 Å². The second-order valence-corrected chi connectivity index (χ2v) is 7.14. The standard InChI is InChI=1S/C19H17ClF2N4O2/c20-14-7-12(1-2-16(14)28-10-17(21)22)8-26-9-13-15(25-26)3-6-23-18(13)19(4-5-19)24-11-27/h1-3,6-7,9,11,17H,4-5,8,10H2,(H,24,27). The first kappa shape index (κ1) is 18.6.